The second-order valence-corrected chi connectivity index (χ2v) is 15.4. The summed E-state index contributed by atoms with van der Waals surface area (Å²) >= 11 is 0. The lowest BCUT2D eigenvalue weighted by atomic mass is 9.93. The number of rotatable bonds is 24. The average Bonchev–Trinajstić information content (AvgIpc) is 3.23. The number of benzene rings is 2. The second-order valence-electron chi connectivity index (χ2n) is 15.4. The van der Waals surface area contributed by atoms with E-state index in [1.807, 2.05) is 19.1 Å². The zero-order valence-electron chi connectivity index (χ0n) is 36.1. The number of hydrogen-bond donors (Lipinski definition) is 6. The van der Waals surface area contributed by atoms with Crippen molar-refractivity contribution in [1.82, 2.24) is 26.2 Å². The molecule has 15 nitrogen and oxygen atoms in total. The minimum absolute atomic E-state index is 0.0507. The fourth-order valence-corrected chi connectivity index (χ4v) is 7.33. The van der Waals surface area contributed by atoms with Crippen LogP contribution < -0.4 is 42.2 Å². The molecule has 4 bridgehead atoms. The van der Waals surface area contributed by atoms with Gasteiger partial charge in [-0.2, -0.15) is 5.26 Å². The molecule has 0 aliphatic carbocycles. The van der Waals surface area contributed by atoms with E-state index < -0.39 is 47.8 Å². The molecule has 5 amide bonds. The molecule has 0 radical (unpaired) electrons. The molecule has 60 heavy (non-hydrogen) atoms. The van der Waals surface area contributed by atoms with Gasteiger partial charge in [-0.1, -0.05) is 83.3 Å². The first kappa shape index (κ1) is 49.2. The van der Waals surface area contributed by atoms with Crippen molar-refractivity contribution < 1.29 is 33.4 Å². The number of fused-ring (bicyclic) bond motifs is 5. The minimum Gasteiger partial charge on any atom is -0.493 e. The molecular formula is C45H68N8O7. The summed E-state index contributed by atoms with van der Waals surface area (Å²) in [6, 6.07) is 7.76. The first-order valence-corrected chi connectivity index (χ1v) is 21.7. The van der Waals surface area contributed by atoms with E-state index in [1.165, 1.54) is 63.8 Å². The van der Waals surface area contributed by atoms with Crippen molar-refractivity contribution in [3.63, 3.8) is 0 Å². The summed E-state index contributed by atoms with van der Waals surface area (Å²) in [6.07, 6.45) is 13.1. The molecule has 15 heteroatoms. The largest absolute Gasteiger partial charge is 0.493 e. The number of unbranched alkanes of at least 4 members (excludes halogenated alkanes) is 10. The van der Waals surface area contributed by atoms with Crippen molar-refractivity contribution in [2.45, 2.75) is 135 Å². The highest BCUT2D eigenvalue weighted by atomic mass is 16.5. The number of carbonyl (C=O) groups is 5. The van der Waals surface area contributed by atoms with Gasteiger partial charge in [0, 0.05) is 37.6 Å². The van der Waals surface area contributed by atoms with Crippen molar-refractivity contribution in [2.75, 3.05) is 39.9 Å². The number of carbonyl (C=O) groups excluding carboxylic acids is 5. The third-order valence-corrected chi connectivity index (χ3v) is 10.6. The van der Waals surface area contributed by atoms with Gasteiger partial charge >= 0.3 is 0 Å². The van der Waals surface area contributed by atoms with Crippen molar-refractivity contribution in [3.8, 4) is 28.7 Å². The van der Waals surface area contributed by atoms with E-state index in [9.17, 15) is 24.0 Å². The number of nitrogens with two attached hydrogens (primary N) is 2. The van der Waals surface area contributed by atoms with E-state index in [0.717, 1.165) is 19.3 Å². The lowest BCUT2D eigenvalue weighted by molar-refractivity contribution is -0.143. The Labute approximate surface area is 356 Å². The van der Waals surface area contributed by atoms with Crippen LogP contribution in [0, 0.1) is 11.3 Å². The Balaban J connectivity index is 1.96. The van der Waals surface area contributed by atoms with Gasteiger partial charge < -0.3 is 47.1 Å². The zero-order chi connectivity index (χ0) is 43.9. The summed E-state index contributed by atoms with van der Waals surface area (Å²) in [7, 11) is 1.47. The molecule has 0 saturated heterocycles. The van der Waals surface area contributed by atoms with Crippen molar-refractivity contribution in [1.29, 1.82) is 5.26 Å². The standard InChI is InChI=1S/C45H68N8O7/c1-5-7-8-9-10-11-12-13-14-15-16-17-40(54)51-36(22-23-46)45(58)53(4)41-33-19-21-39(60-27-25-48)35(30-33)34-28-32(18-20-38(34)59-6-2)29-37(43(56)49-26-24-47)52-42(55)31(3)50-44(41)57/h18-21,28,30-31,36-37,41H,5-17,22-23,25-27,29,46,48H2,1-4H3,(H,49,56)(H,50,57)(H,51,54)(H,52,55)/t31-,36-,37-,41-/m0/s1. The number of ether oxygens (including phenoxy) is 2. The molecule has 0 saturated carbocycles. The lowest BCUT2D eigenvalue weighted by Gasteiger charge is -2.32. The van der Waals surface area contributed by atoms with Gasteiger partial charge in [0.05, 0.1) is 12.7 Å². The number of nitriles is 1. The molecule has 1 heterocycles. The van der Waals surface area contributed by atoms with Crippen LogP contribution in [0.1, 0.15) is 121 Å². The van der Waals surface area contributed by atoms with Crippen LogP contribution in [0.2, 0.25) is 0 Å². The Morgan fingerprint density at radius 3 is 2.13 bits per heavy atom. The summed E-state index contributed by atoms with van der Waals surface area (Å²) < 4.78 is 12.1. The number of nitrogens with zero attached hydrogens (tertiary/aromatic N) is 2. The van der Waals surface area contributed by atoms with Crippen LogP contribution in [-0.2, 0) is 30.4 Å². The Morgan fingerprint density at radius 1 is 0.867 bits per heavy atom. The summed E-state index contributed by atoms with van der Waals surface area (Å²) in [6.45, 7) is 6.11. The number of hydrogen-bond acceptors (Lipinski definition) is 10. The van der Waals surface area contributed by atoms with Crippen LogP contribution in [0.3, 0.4) is 0 Å². The molecular weight excluding hydrogens is 765 g/mol. The van der Waals surface area contributed by atoms with E-state index in [-0.39, 0.29) is 51.4 Å². The maximum Gasteiger partial charge on any atom is 0.248 e. The monoisotopic (exact) mass is 833 g/mol. The smallest absolute Gasteiger partial charge is 0.248 e. The van der Waals surface area contributed by atoms with Crippen molar-refractivity contribution >= 4 is 29.5 Å². The maximum absolute atomic E-state index is 14.4. The highest BCUT2D eigenvalue weighted by molar-refractivity contribution is 5.96. The molecule has 4 atom stereocenters. The summed E-state index contributed by atoms with van der Waals surface area (Å²) in [5, 5.41) is 20.0. The van der Waals surface area contributed by atoms with Gasteiger partial charge in [0.15, 0.2) is 0 Å². The highest BCUT2D eigenvalue weighted by Crippen LogP contribution is 2.40. The molecule has 2 aromatic rings. The third kappa shape index (κ3) is 15.4. The molecule has 1 aliphatic rings. The van der Waals surface area contributed by atoms with Crippen LogP contribution in [0.15, 0.2) is 36.4 Å². The molecule has 1 aliphatic heterocycles. The maximum atomic E-state index is 14.4. The van der Waals surface area contributed by atoms with E-state index in [0.29, 0.717) is 46.8 Å². The number of nitrogens with one attached hydrogen (secondary N) is 4. The van der Waals surface area contributed by atoms with Gasteiger partial charge in [-0.05, 0) is 68.6 Å². The van der Waals surface area contributed by atoms with Crippen molar-refractivity contribution in [3.05, 3.63) is 47.5 Å². The summed E-state index contributed by atoms with van der Waals surface area (Å²) in [5.41, 5.74) is 13.9. The Hall–Kier alpha value is -5.20. The topological polar surface area (TPSA) is 231 Å². The van der Waals surface area contributed by atoms with Gasteiger partial charge in [0.2, 0.25) is 29.5 Å². The van der Waals surface area contributed by atoms with Crippen LogP contribution >= 0.6 is 0 Å². The molecule has 0 spiro atoms. The van der Waals surface area contributed by atoms with Crippen LogP contribution in [0.5, 0.6) is 11.5 Å². The van der Waals surface area contributed by atoms with Gasteiger partial charge in [-0.25, -0.2) is 0 Å². The first-order valence-electron chi connectivity index (χ1n) is 21.7. The highest BCUT2D eigenvalue weighted by Gasteiger charge is 2.36. The molecule has 0 aromatic heterocycles. The first-order chi connectivity index (χ1) is 29.0. The van der Waals surface area contributed by atoms with Gasteiger partial charge in [0.1, 0.15) is 48.8 Å². The fourth-order valence-electron chi connectivity index (χ4n) is 7.33. The van der Waals surface area contributed by atoms with E-state index in [4.69, 9.17) is 26.2 Å². The zero-order valence-corrected chi connectivity index (χ0v) is 36.1. The Bertz CT molecular complexity index is 1750. The van der Waals surface area contributed by atoms with E-state index >= 15 is 0 Å². The molecule has 8 N–H and O–H groups in total. The predicted octanol–water partition coefficient (Wildman–Crippen LogP) is 4.31. The third-order valence-electron chi connectivity index (χ3n) is 10.6. The number of likely N-dealkylation sites (N-methyl/N-ethyl adjacent to an activating group) is 1. The van der Waals surface area contributed by atoms with E-state index in [2.05, 4.69) is 28.2 Å². The molecule has 330 valence electrons. The molecule has 0 unspecified atom stereocenters. The quantitative estimate of drug-likeness (QED) is 0.0649. The van der Waals surface area contributed by atoms with E-state index in [1.54, 1.807) is 30.3 Å². The SMILES string of the molecule is CCCCCCCCCCCCCC(=O)N[C@@H](CCN)C(=O)N(C)[C@@H]1C(=O)N[C@@H](C)C(=O)N[C@H](C(=O)NCC#N)Cc2ccc(OCC)c(c2)-c2cc1ccc2OCCN. The summed E-state index contributed by atoms with van der Waals surface area (Å²) in [5.74, 6) is -1.81. The average molecular weight is 833 g/mol. The minimum atomic E-state index is -1.30. The van der Waals surface area contributed by atoms with Gasteiger partial charge in [-0.3, -0.25) is 24.0 Å². The van der Waals surface area contributed by atoms with Crippen molar-refractivity contribution in [2.24, 2.45) is 11.5 Å². The predicted molar refractivity (Wildman–Crippen MR) is 232 cm³/mol. The van der Waals surface area contributed by atoms with Crippen LogP contribution in [-0.4, -0.2) is 92.5 Å². The second kappa shape index (κ2) is 26.8. The molecule has 0 fully saturated rings. The van der Waals surface area contributed by atoms with Crippen LogP contribution in [0.4, 0.5) is 0 Å². The number of amides is 5. The normalized spacial score (nSPS) is 16.9. The fraction of sp³-hybridized carbons (Fsp3) is 0.600. The Morgan fingerprint density at radius 2 is 1.50 bits per heavy atom. The Kier molecular flexibility index (Phi) is 22.0. The van der Waals surface area contributed by atoms with Gasteiger partial charge in [0.25, 0.3) is 0 Å². The molecule has 2 aromatic carbocycles. The molecule has 3 rings (SSSR count). The van der Waals surface area contributed by atoms with Crippen LogP contribution in [0.25, 0.3) is 11.1 Å². The lowest BCUT2D eigenvalue weighted by Crippen LogP contribution is -2.56. The van der Waals surface area contributed by atoms with Gasteiger partial charge in [-0.15, -0.1) is 0 Å². The summed E-state index contributed by atoms with van der Waals surface area (Å²) in [4.78, 5) is 70.0.